The Morgan fingerprint density at radius 3 is 2.45 bits per heavy atom. The maximum absolute atomic E-state index is 13.6. The van der Waals surface area contributed by atoms with Gasteiger partial charge in [0, 0.05) is 13.1 Å². The zero-order valence-electron chi connectivity index (χ0n) is 15.5. The molecule has 2 N–H and O–H groups in total. The van der Waals surface area contributed by atoms with Crippen LogP contribution in [0, 0.1) is 23.0 Å². The van der Waals surface area contributed by atoms with Gasteiger partial charge >= 0.3 is 6.18 Å². The molecule has 0 radical (unpaired) electrons. The second kappa shape index (κ2) is 8.78. The quantitative estimate of drug-likeness (QED) is 0.457. The molecule has 0 aliphatic rings. The van der Waals surface area contributed by atoms with Crippen LogP contribution in [0.4, 0.5) is 27.6 Å². The molecule has 1 amide bonds. The maximum atomic E-state index is 13.6. The SMILES string of the molecule is N#Cc1c(F)cccc1NCCNC(=O)c1nnn(-c2ccc(F)cc2)c1C(F)(F)F. The van der Waals surface area contributed by atoms with Crippen LogP contribution >= 0.6 is 0 Å². The number of nitriles is 1. The van der Waals surface area contributed by atoms with Gasteiger partial charge in [-0.1, -0.05) is 11.3 Å². The average molecular weight is 436 g/mol. The minimum Gasteiger partial charge on any atom is -0.382 e. The first-order chi connectivity index (χ1) is 14.7. The smallest absolute Gasteiger partial charge is 0.382 e. The van der Waals surface area contributed by atoms with Crippen LogP contribution in [0.2, 0.25) is 0 Å². The monoisotopic (exact) mass is 436 g/mol. The van der Waals surface area contributed by atoms with Gasteiger partial charge in [0.1, 0.15) is 23.3 Å². The lowest BCUT2D eigenvalue weighted by atomic mass is 10.2. The lowest BCUT2D eigenvalue weighted by Gasteiger charge is -2.12. The van der Waals surface area contributed by atoms with Gasteiger partial charge in [0.05, 0.1) is 11.4 Å². The van der Waals surface area contributed by atoms with E-state index in [1.54, 1.807) is 6.07 Å². The average Bonchev–Trinajstić information content (AvgIpc) is 3.17. The number of hydrogen-bond donors (Lipinski definition) is 2. The Hall–Kier alpha value is -4.01. The minimum atomic E-state index is -4.97. The summed E-state index contributed by atoms with van der Waals surface area (Å²) in [5, 5.41) is 20.7. The maximum Gasteiger partial charge on any atom is 0.435 e. The number of aromatic nitrogens is 3. The molecule has 7 nitrogen and oxygen atoms in total. The van der Waals surface area contributed by atoms with Gasteiger partial charge in [-0.25, -0.2) is 13.5 Å². The van der Waals surface area contributed by atoms with E-state index in [-0.39, 0.29) is 30.0 Å². The fraction of sp³-hybridized carbons (Fsp3) is 0.158. The van der Waals surface area contributed by atoms with Crippen molar-refractivity contribution in [3.63, 3.8) is 0 Å². The zero-order valence-corrected chi connectivity index (χ0v) is 15.5. The Morgan fingerprint density at radius 1 is 1.10 bits per heavy atom. The van der Waals surface area contributed by atoms with Gasteiger partial charge in [-0.2, -0.15) is 18.4 Å². The lowest BCUT2D eigenvalue weighted by Crippen LogP contribution is -2.31. The van der Waals surface area contributed by atoms with E-state index in [1.807, 2.05) is 0 Å². The molecule has 31 heavy (non-hydrogen) atoms. The molecule has 0 bridgehead atoms. The second-order valence-electron chi connectivity index (χ2n) is 6.13. The molecule has 1 aromatic heterocycles. The summed E-state index contributed by atoms with van der Waals surface area (Å²) in [4.78, 5) is 12.3. The highest BCUT2D eigenvalue weighted by Gasteiger charge is 2.41. The van der Waals surface area contributed by atoms with Crippen LogP contribution in [-0.2, 0) is 6.18 Å². The van der Waals surface area contributed by atoms with Crippen LogP contribution in [0.1, 0.15) is 21.7 Å². The number of halogens is 5. The molecule has 0 spiro atoms. The van der Waals surface area contributed by atoms with Crippen molar-refractivity contribution in [1.82, 2.24) is 20.3 Å². The van der Waals surface area contributed by atoms with E-state index < -0.39 is 35.1 Å². The van der Waals surface area contributed by atoms with Crippen LogP contribution in [-0.4, -0.2) is 34.0 Å². The number of carbonyl (C=O) groups excluding carboxylic acids is 1. The molecule has 0 saturated heterocycles. The standard InChI is InChI=1S/C19H13F5N6O/c20-11-4-6-12(7-5-11)30-17(19(22,23)24)16(28-29-30)18(31)27-9-8-26-15-3-1-2-14(21)13(15)10-25/h1-7,26H,8-9H2,(H,27,31). The Bertz CT molecular complexity index is 1130. The molecule has 0 saturated carbocycles. The molecule has 0 atom stereocenters. The van der Waals surface area contributed by atoms with Crippen molar-refractivity contribution in [2.24, 2.45) is 0 Å². The van der Waals surface area contributed by atoms with E-state index in [2.05, 4.69) is 20.9 Å². The summed E-state index contributed by atoms with van der Waals surface area (Å²) >= 11 is 0. The number of nitrogens with zero attached hydrogens (tertiary/aromatic N) is 4. The van der Waals surface area contributed by atoms with Gasteiger partial charge in [0.25, 0.3) is 5.91 Å². The number of carbonyl (C=O) groups is 1. The predicted molar refractivity (Wildman–Crippen MR) is 98.3 cm³/mol. The van der Waals surface area contributed by atoms with E-state index in [1.165, 1.54) is 12.1 Å². The molecule has 3 aromatic rings. The van der Waals surface area contributed by atoms with Crippen LogP contribution in [0.5, 0.6) is 0 Å². The van der Waals surface area contributed by atoms with Gasteiger partial charge in [-0.3, -0.25) is 4.79 Å². The molecular weight excluding hydrogens is 423 g/mol. The fourth-order valence-corrected chi connectivity index (χ4v) is 2.69. The molecule has 1 heterocycles. The van der Waals surface area contributed by atoms with Gasteiger partial charge in [-0.15, -0.1) is 5.10 Å². The van der Waals surface area contributed by atoms with Crippen molar-refractivity contribution in [2.75, 3.05) is 18.4 Å². The largest absolute Gasteiger partial charge is 0.435 e. The highest BCUT2D eigenvalue weighted by molar-refractivity contribution is 5.93. The summed E-state index contributed by atoms with van der Waals surface area (Å²) in [7, 11) is 0. The minimum absolute atomic E-state index is 0.00265. The number of rotatable bonds is 6. The molecule has 0 aliphatic heterocycles. The molecule has 160 valence electrons. The summed E-state index contributed by atoms with van der Waals surface area (Å²) in [5.41, 5.74) is -2.55. The highest BCUT2D eigenvalue weighted by Crippen LogP contribution is 2.32. The van der Waals surface area contributed by atoms with E-state index in [9.17, 15) is 26.7 Å². The molecule has 2 aromatic carbocycles. The lowest BCUT2D eigenvalue weighted by molar-refractivity contribution is -0.143. The predicted octanol–water partition coefficient (Wildman–Crippen LogP) is 3.28. The van der Waals surface area contributed by atoms with E-state index in [4.69, 9.17) is 5.26 Å². The summed E-state index contributed by atoms with van der Waals surface area (Å²) < 4.78 is 67.7. The second-order valence-corrected chi connectivity index (χ2v) is 6.13. The third-order valence-corrected chi connectivity index (χ3v) is 4.08. The molecule has 12 heteroatoms. The summed E-state index contributed by atoms with van der Waals surface area (Å²) in [6.45, 7) is -0.155. The molecule has 0 aliphatic carbocycles. The van der Waals surface area contributed by atoms with Gasteiger partial charge in [0.15, 0.2) is 11.4 Å². The highest BCUT2D eigenvalue weighted by atomic mass is 19.4. The van der Waals surface area contributed by atoms with Gasteiger partial charge < -0.3 is 10.6 Å². The normalized spacial score (nSPS) is 11.1. The third-order valence-electron chi connectivity index (χ3n) is 4.08. The first kappa shape index (κ1) is 21.7. The summed E-state index contributed by atoms with van der Waals surface area (Å²) in [6, 6.07) is 9.65. The number of anilines is 1. The number of alkyl halides is 3. The molecule has 3 rings (SSSR count). The van der Waals surface area contributed by atoms with E-state index in [0.29, 0.717) is 4.68 Å². The summed E-state index contributed by atoms with van der Waals surface area (Å²) in [6.07, 6.45) is -4.97. The molecule has 0 unspecified atom stereocenters. The third kappa shape index (κ3) is 4.77. The first-order valence-electron chi connectivity index (χ1n) is 8.72. The van der Waals surface area contributed by atoms with Crippen molar-refractivity contribution in [1.29, 1.82) is 5.26 Å². The Kier molecular flexibility index (Phi) is 6.15. The van der Waals surface area contributed by atoms with Crippen molar-refractivity contribution >= 4 is 11.6 Å². The zero-order chi connectivity index (χ0) is 22.6. The Morgan fingerprint density at radius 2 is 1.81 bits per heavy atom. The van der Waals surface area contributed by atoms with Crippen LogP contribution in [0.15, 0.2) is 42.5 Å². The fourth-order valence-electron chi connectivity index (χ4n) is 2.69. The van der Waals surface area contributed by atoms with Crippen LogP contribution in [0.3, 0.4) is 0 Å². The van der Waals surface area contributed by atoms with Crippen molar-refractivity contribution in [3.05, 3.63) is 71.1 Å². The van der Waals surface area contributed by atoms with E-state index >= 15 is 0 Å². The number of hydrogen-bond acceptors (Lipinski definition) is 5. The first-order valence-corrected chi connectivity index (χ1v) is 8.72. The molecule has 0 fully saturated rings. The Balaban J connectivity index is 1.73. The van der Waals surface area contributed by atoms with Crippen molar-refractivity contribution in [3.8, 4) is 11.8 Å². The Labute approximate surface area is 172 Å². The van der Waals surface area contributed by atoms with Gasteiger partial charge in [0.2, 0.25) is 0 Å². The number of nitrogens with one attached hydrogen (secondary N) is 2. The van der Waals surface area contributed by atoms with Crippen LogP contribution in [0.25, 0.3) is 5.69 Å². The summed E-state index contributed by atoms with van der Waals surface area (Å²) in [5.74, 6) is -2.52. The topological polar surface area (TPSA) is 95.6 Å². The molecular formula is C19H13F5N6O. The van der Waals surface area contributed by atoms with Crippen LogP contribution < -0.4 is 10.6 Å². The van der Waals surface area contributed by atoms with Gasteiger partial charge in [-0.05, 0) is 36.4 Å². The van der Waals surface area contributed by atoms with Crippen molar-refractivity contribution < 1.29 is 26.7 Å². The van der Waals surface area contributed by atoms with Crippen molar-refractivity contribution in [2.45, 2.75) is 6.18 Å². The number of amides is 1. The van der Waals surface area contributed by atoms with E-state index in [0.717, 1.165) is 30.3 Å². The number of benzene rings is 2.